The van der Waals surface area contributed by atoms with Crippen LogP contribution in [0.5, 0.6) is 0 Å². The van der Waals surface area contributed by atoms with Crippen molar-refractivity contribution < 1.29 is 19.1 Å². The van der Waals surface area contributed by atoms with Gasteiger partial charge in [-0.15, -0.1) is 22.7 Å². The van der Waals surface area contributed by atoms with E-state index in [-0.39, 0.29) is 11.9 Å². The Hall–Kier alpha value is -7.14. The van der Waals surface area contributed by atoms with Gasteiger partial charge in [-0.2, -0.15) is 0 Å². The molecule has 0 saturated carbocycles. The summed E-state index contributed by atoms with van der Waals surface area (Å²) >= 11 is 3.35. The Kier molecular flexibility index (Phi) is 12.3. The SMILES string of the molecule is COC(=O)CCc1ccc(N(c2ccc(C)cc2)c2ccc(-c3nc4cc5sc(-c6ccc(N(c7ccc(C)cc7)c7ccc(CCC(=O)OC)cc7)cc6)nc5cc4s3)cc2)cc1. The van der Waals surface area contributed by atoms with E-state index in [4.69, 9.17) is 19.4 Å². The summed E-state index contributed by atoms with van der Waals surface area (Å²) < 4.78 is 11.9. The maximum Gasteiger partial charge on any atom is 0.305 e. The third kappa shape index (κ3) is 9.29. The van der Waals surface area contributed by atoms with Crippen molar-refractivity contribution in [3.63, 3.8) is 0 Å². The number of anilines is 6. The van der Waals surface area contributed by atoms with Crippen LogP contribution in [-0.4, -0.2) is 36.1 Å². The first-order valence-corrected chi connectivity index (χ1v) is 22.8. The number of esters is 2. The van der Waals surface area contributed by atoms with Crippen LogP contribution in [0, 0.1) is 13.8 Å². The Morgan fingerprint density at radius 3 is 1.06 bits per heavy atom. The van der Waals surface area contributed by atoms with E-state index in [0.29, 0.717) is 25.7 Å². The van der Waals surface area contributed by atoms with E-state index in [0.717, 1.165) is 86.8 Å². The molecule has 7 aromatic carbocycles. The number of nitrogens with zero attached hydrogens (tertiary/aromatic N) is 4. The van der Waals surface area contributed by atoms with Crippen molar-refractivity contribution in [3.8, 4) is 21.1 Å². The first-order valence-electron chi connectivity index (χ1n) is 21.2. The van der Waals surface area contributed by atoms with E-state index >= 15 is 0 Å². The minimum absolute atomic E-state index is 0.208. The van der Waals surface area contributed by atoms with Crippen LogP contribution in [0.15, 0.2) is 158 Å². The number of methoxy groups -OCH3 is 2. The highest BCUT2D eigenvalue weighted by molar-refractivity contribution is 7.23. The number of aromatic nitrogens is 2. The average molecular weight is 879 g/mol. The molecule has 64 heavy (non-hydrogen) atoms. The highest BCUT2D eigenvalue weighted by atomic mass is 32.1. The number of aryl methyl sites for hydroxylation is 4. The molecule has 0 N–H and O–H groups in total. The van der Waals surface area contributed by atoms with Gasteiger partial charge in [-0.3, -0.25) is 9.59 Å². The van der Waals surface area contributed by atoms with E-state index in [1.807, 2.05) is 0 Å². The second kappa shape index (κ2) is 18.7. The molecule has 8 nitrogen and oxygen atoms in total. The molecule has 0 bridgehead atoms. The standard InChI is InChI=1S/C54H46N4O4S2/c1-35-5-19-41(20-6-35)57(43-23-9-37(10-24-43)13-31-51(59)61-3)45-27-15-39(16-28-45)53-55-47-33-50-48(34-49(47)63-53)56-54(64-50)40-17-29-46(30-18-40)58(42-21-7-36(2)8-22-42)44-25-11-38(12-26-44)14-32-52(60)62-4/h5-12,15-30,33-34H,13-14,31-32H2,1-4H3. The molecule has 0 aliphatic carbocycles. The van der Waals surface area contributed by atoms with Crippen LogP contribution in [0.2, 0.25) is 0 Å². The maximum atomic E-state index is 11.7. The van der Waals surface area contributed by atoms with Gasteiger partial charge in [-0.1, -0.05) is 59.7 Å². The van der Waals surface area contributed by atoms with E-state index in [1.54, 1.807) is 22.7 Å². The first kappa shape index (κ1) is 42.2. The summed E-state index contributed by atoms with van der Waals surface area (Å²) in [6.45, 7) is 4.19. The summed E-state index contributed by atoms with van der Waals surface area (Å²) in [5.74, 6) is -0.416. The molecule has 0 unspecified atom stereocenters. The number of ether oxygens (including phenoxy) is 2. The molecule has 0 radical (unpaired) electrons. The number of benzene rings is 7. The Bertz CT molecular complexity index is 2790. The fraction of sp³-hybridized carbons (Fsp3) is 0.148. The molecular formula is C54H46N4O4S2. The maximum absolute atomic E-state index is 11.7. The second-order valence-electron chi connectivity index (χ2n) is 15.7. The lowest BCUT2D eigenvalue weighted by Crippen LogP contribution is -2.10. The fourth-order valence-corrected chi connectivity index (χ4v) is 9.68. The van der Waals surface area contributed by atoms with E-state index in [9.17, 15) is 9.59 Å². The Morgan fingerprint density at radius 1 is 0.453 bits per heavy atom. The number of hydrogen-bond acceptors (Lipinski definition) is 10. The van der Waals surface area contributed by atoms with Gasteiger partial charge in [-0.05, 0) is 147 Å². The molecule has 0 amide bonds. The van der Waals surface area contributed by atoms with Gasteiger partial charge in [0.2, 0.25) is 0 Å². The molecule has 0 spiro atoms. The Labute approximate surface area is 381 Å². The van der Waals surface area contributed by atoms with Crippen LogP contribution in [0.3, 0.4) is 0 Å². The third-order valence-electron chi connectivity index (χ3n) is 11.3. The largest absolute Gasteiger partial charge is 0.469 e. The van der Waals surface area contributed by atoms with Gasteiger partial charge in [0.25, 0.3) is 0 Å². The molecule has 0 fully saturated rings. The molecular weight excluding hydrogens is 833 g/mol. The molecule has 0 saturated heterocycles. The number of carbonyl (C=O) groups excluding carboxylic acids is 2. The van der Waals surface area contributed by atoms with Crippen LogP contribution in [0.4, 0.5) is 34.1 Å². The summed E-state index contributed by atoms with van der Waals surface area (Å²) in [5.41, 5.74) is 14.8. The van der Waals surface area contributed by atoms with Crippen molar-refractivity contribution >= 4 is 89.2 Å². The van der Waals surface area contributed by atoms with Crippen LogP contribution in [0.1, 0.15) is 35.1 Å². The zero-order chi connectivity index (χ0) is 44.2. The van der Waals surface area contributed by atoms with Crippen LogP contribution in [0.25, 0.3) is 41.6 Å². The zero-order valence-corrected chi connectivity index (χ0v) is 37.7. The minimum atomic E-state index is -0.208. The van der Waals surface area contributed by atoms with Crippen molar-refractivity contribution in [2.45, 2.75) is 39.5 Å². The second-order valence-corrected chi connectivity index (χ2v) is 17.8. The summed E-state index contributed by atoms with van der Waals surface area (Å²) in [6, 6.07) is 55.3. The highest BCUT2D eigenvalue weighted by Gasteiger charge is 2.18. The molecule has 0 aliphatic rings. The molecule has 318 valence electrons. The first-order chi connectivity index (χ1) is 31.2. The number of thiazole rings is 2. The number of fused-ring (bicyclic) bond motifs is 2. The predicted molar refractivity (Wildman–Crippen MR) is 263 cm³/mol. The lowest BCUT2D eigenvalue weighted by molar-refractivity contribution is -0.141. The van der Waals surface area contributed by atoms with Gasteiger partial charge in [-0.25, -0.2) is 9.97 Å². The average Bonchev–Trinajstić information content (AvgIpc) is 3.95. The number of hydrogen-bond donors (Lipinski definition) is 0. The van der Waals surface area contributed by atoms with E-state index in [1.165, 1.54) is 25.3 Å². The summed E-state index contributed by atoms with van der Waals surface area (Å²) in [7, 11) is 2.85. The number of carbonyl (C=O) groups is 2. The van der Waals surface area contributed by atoms with Crippen LogP contribution >= 0.6 is 22.7 Å². The van der Waals surface area contributed by atoms with Gasteiger partial charge in [0.05, 0.1) is 34.7 Å². The molecule has 10 heteroatoms. The lowest BCUT2D eigenvalue weighted by atomic mass is 10.1. The van der Waals surface area contributed by atoms with Crippen molar-refractivity contribution in [3.05, 3.63) is 180 Å². The van der Waals surface area contributed by atoms with Gasteiger partial charge >= 0.3 is 11.9 Å². The van der Waals surface area contributed by atoms with Crippen molar-refractivity contribution in [2.75, 3.05) is 24.0 Å². The van der Waals surface area contributed by atoms with Crippen molar-refractivity contribution in [2.24, 2.45) is 0 Å². The van der Waals surface area contributed by atoms with Crippen LogP contribution in [-0.2, 0) is 31.9 Å². The summed E-state index contributed by atoms with van der Waals surface area (Å²) in [6.07, 6.45) is 1.97. The highest BCUT2D eigenvalue weighted by Crippen LogP contribution is 2.41. The summed E-state index contributed by atoms with van der Waals surface area (Å²) in [5, 5.41) is 1.92. The van der Waals surface area contributed by atoms with Gasteiger partial charge in [0.15, 0.2) is 0 Å². The molecule has 2 heterocycles. The van der Waals surface area contributed by atoms with Gasteiger partial charge in [0.1, 0.15) is 10.0 Å². The van der Waals surface area contributed by atoms with Crippen molar-refractivity contribution in [1.82, 2.24) is 9.97 Å². The van der Waals surface area contributed by atoms with E-state index in [2.05, 4.69) is 181 Å². The quantitative estimate of drug-likeness (QED) is 0.0999. The third-order valence-corrected chi connectivity index (χ3v) is 13.4. The predicted octanol–water partition coefficient (Wildman–Crippen LogP) is 14.0. The topological polar surface area (TPSA) is 84.9 Å². The Balaban J connectivity index is 0.945. The van der Waals surface area contributed by atoms with Crippen molar-refractivity contribution in [1.29, 1.82) is 0 Å². The van der Waals surface area contributed by atoms with Gasteiger partial charge < -0.3 is 19.3 Å². The van der Waals surface area contributed by atoms with E-state index < -0.39 is 0 Å². The monoisotopic (exact) mass is 878 g/mol. The van der Waals surface area contributed by atoms with Crippen LogP contribution < -0.4 is 9.80 Å². The summed E-state index contributed by atoms with van der Waals surface area (Å²) in [4.78, 5) is 38.2. The Morgan fingerprint density at radius 2 is 0.750 bits per heavy atom. The molecule has 9 aromatic rings. The van der Waals surface area contributed by atoms with Gasteiger partial charge in [0, 0.05) is 58.1 Å². The molecule has 0 atom stereocenters. The molecule has 2 aromatic heterocycles. The molecule has 9 rings (SSSR count). The smallest absolute Gasteiger partial charge is 0.305 e. The minimum Gasteiger partial charge on any atom is -0.469 e. The number of rotatable bonds is 14. The lowest BCUT2D eigenvalue weighted by Gasteiger charge is -2.26. The normalized spacial score (nSPS) is 11.2. The zero-order valence-electron chi connectivity index (χ0n) is 36.1. The fourth-order valence-electron chi connectivity index (χ4n) is 7.70. The molecule has 0 aliphatic heterocycles.